The highest BCUT2D eigenvalue weighted by molar-refractivity contribution is 5.89. The largest absolute Gasteiger partial charge is 0.465 e. The van der Waals surface area contributed by atoms with Crippen LogP contribution in [0.5, 0.6) is 0 Å². The van der Waals surface area contributed by atoms with Gasteiger partial charge in [0.1, 0.15) is 0 Å². The predicted molar refractivity (Wildman–Crippen MR) is 76.0 cm³/mol. The summed E-state index contributed by atoms with van der Waals surface area (Å²) < 4.78 is 4.69. The van der Waals surface area contributed by atoms with Gasteiger partial charge in [-0.15, -0.1) is 0 Å². The fourth-order valence-electron chi connectivity index (χ4n) is 2.77. The molecule has 0 atom stereocenters. The molecule has 0 bridgehead atoms. The van der Waals surface area contributed by atoms with Gasteiger partial charge in [0.05, 0.1) is 12.7 Å². The third-order valence-corrected chi connectivity index (χ3v) is 4.11. The summed E-state index contributed by atoms with van der Waals surface area (Å²) in [7, 11) is 1.41. The van der Waals surface area contributed by atoms with E-state index < -0.39 is 0 Å². The molecule has 0 saturated heterocycles. The van der Waals surface area contributed by atoms with Crippen molar-refractivity contribution < 1.29 is 9.53 Å². The van der Waals surface area contributed by atoms with E-state index in [1.165, 1.54) is 44.8 Å². The van der Waals surface area contributed by atoms with E-state index in [0.29, 0.717) is 11.6 Å². The summed E-state index contributed by atoms with van der Waals surface area (Å²) in [6, 6.07) is 8.17. The number of aryl methyl sites for hydroxylation is 1. The van der Waals surface area contributed by atoms with E-state index in [4.69, 9.17) is 10.5 Å². The maximum Gasteiger partial charge on any atom is 0.337 e. The molecule has 2 N–H and O–H groups in total. The van der Waals surface area contributed by atoms with Crippen molar-refractivity contribution in [2.45, 2.75) is 44.6 Å². The second kappa shape index (κ2) is 6.71. The lowest BCUT2D eigenvalue weighted by atomic mass is 9.83. The van der Waals surface area contributed by atoms with Gasteiger partial charge in [0.25, 0.3) is 0 Å². The lowest BCUT2D eigenvalue weighted by Crippen LogP contribution is -2.26. The molecule has 1 fully saturated rings. The summed E-state index contributed by atoms with van der Waals surface area (Å²) in [6.07, 6.45) is 7.19. The van der Waals surface area contributed by atoms with Crippen LogP contribution in [-0.4, -0.2) is 19.1 Å². The Morgan fingerprint density at radius 2 is 1.84 bits per heavy atom. The molecule has 0 aliphatic heterocycles. The molecule has 0 amide bonds. The van der Waals surface area contributed by atoms with E-state index in [1.807, 2.05) is 24.3 Å². The molecule has 0 unspecified atom stereocenters. The SMILES string of the molecule is COC(=O)c1ccc(CCC2CCC(N)CC2)cc1. The molecular weight excluding hydrogens is 238 g/mol. The van der Waals surface area contributed by atoms with Crippen LogP contribution < -0.4 is 5.73 Å². The normalized spacial score (nSPS) is 23.1. The Kier molecular flexibility index (Phi) is 4.97. The van der Waals surface area contributed by atoms with Gasteiger partial charge in [0.2, 0.25) is 0 Å². The maximum atomic E-state index is 11.3. The van der Waals surface area contributed by atoms with E-state index in [2.05, 4.69) is 0 Å². The molecule has 1 aromatic rings. The van der Waals surface area contributed by atoms with Gasteiger partial charge in [-0.25, -0.2) is 4.79 Å². The summed E-state index contributed by atoms with van der Waals surface area (Å²) in [6.45, 7) is 0. The van der Waals surface area contributed by atoms with Gasteiger partial charge in [0, 0.05) is 6.04 Å². The number of rotatable bonds is 4. The minimum Gasteiger partial charge on any atom is -0.465 e. The van der Waals surface area contributed by atoms with Crippen molar-refractivity contribution in [2.24, 2.45) is 11.7 Å². The van der Waals surface area contributed by atoms with Crippen LogP contribution in [0, 0.1) is 5.92 Å². The van der Waals surface area contributed by atoms with Crippen LogP contribution in [0.2, 0.25) is 0 Å². The van der Waals surface area contributed by atoms with Crippen LogP contribution in [0.1, 0.15) is 48.0 Å². The quantitative estimate of drug-likeness (QED) is 0.848. The van der Waals surface area contributed by atoms with Crippen molar-refractivity contribution in [1.82, 2.24) is 0 Å². The van der Waals surface area contributed by atoms with E-state index in [0.717, 1.165) is 12.3 Å². The molecule has 3 heteroatoms. The summed E-state index contributed by atoms with van der Waals surface area (Å²) in [4.78, 5) is 11.3. The predicted octanol–water partition coefficient (Wildman–Crippen LogP) is 2.92. The average molecular weight is 261 g/mol. The first-order chi connectivity index (χ1) is 9.19. The van der Waals surface area contributed by atoms with Crippen molar-refractivity contribution in [1.29, 1.82) is 0 Å². The van der Waals surface area contributed by atoms with Gasteiger partial charge >= 0.3 is 5.97 Å². The number of carbonyl (C=O) groups is 1. The molecule has 3 nitrogen and oxygen atoms in total. The van der Waals surface area contributed by atoms with Crippen LogP contribution >= 0.6 is 0 Å². The number of hydrogen-bond acceptors (Lipinski definition) is 3. The molecule has 1 aliphatic carbocycles. The zero-order valence-corrected chi connectivity index (χ0v) is 11.6. The average Bonchev–Trinajstić information content (AvgIpc) is 2.46. The second-order valence-electron chi connectivity index (χ2n) is 5.51. The number of nitrogens with two attached hydrogens (primary N) is 1. The Morgan fingerprint density at radius 1 is 1.21 bits per heavy atom. The Balaban J connectivity index is 1.81. The van der Waals surface area contributed by atoms with Gasteiger partial charge < -0.3 is 10.5 Å². The van der Waals surface area contributed by atoms with Crippen molar-refractivity contribution >= 4 is 5.97 Å². The summed E-state index contributed by atoms with van der Waals surface area (Å²) in [5.74, 6) is 0.549. The van der Waals surface area contributed by atoms with Crippen molar-refractivity contribution in [3.05, 3.63) is 35.4 Å². The van der Waals surface area contributed by atoms with Crippen molar-refractivity contribution in [3.63, 3.8) is 0 Å². The Labute approximate surface area is 115 Å². The first kappa shape index (κ1) is 14.1. The fraction of sp³-hybridized carbons (Fsp3) is 0.562. The third kappa shape index (κ3) is 4.06. The van der Waals surface area contributed by atoms with Gasteiger partial charge in [-0.1, -0.05) is 12.1 Å². The molecule has 2 rings (SSSR count). The molecule has 0 radical (unpaired) electrons. The summed E-state index contributed by atoms with van der Waals surface area (Å²) >= 11 is 0. The lowest BCUT2D eigenvalue weighted by molar-refractivity contribution is 0.0600. The number of methoxy groups -OCH3 is 1. The van der Waals surface area contributed by atoms with E-state index >= 15 is 0 Å². The van der Waals surface area contributed by atoms with Gasteiger partial charge in [-0.05, 0) is 62.1 Å². The standard InChI is InChI=1S/C16H23NO2/c1-19-16(18)14-8-4-12(5-9-14)2-3-13-6-10-15(17)11-7-13/h4-5,8-9,13,15H,2-3,6-7,10-11,17H2,1H3. The molecule has 0 heterocycles. The Bertz CT molecular complexity index is 405. The summed E-state index contributed by atoms with van der Waals surface area (Å²) in [5.41, 5.74) is 7.83. The molecule has 1 aromatic carbocycles. The zero-order valence-electron chi connectivity index (χ0n) is 11.6. The van der Waals surface area contributed by atoms with Gasteiger partial charge in [-0.3, -0.25) is 0 Å². The van der Waals surface area contributed by atoms with E-state index in [9.17, 15) is 4.79 Å². The molecule has 0 spiro atoms. The van der Waals surface area contributed by atoms with Crippen molar-refractivity contribution in [3.8, 4) is 0 Å². The fourth-order valence-corrected chi connectivity index (χ4v) is 2.77. The van der Waals surface area contributed by atoms with Crippen molar-refractivity contribution in [2.75, 3.05) is 7.11 Å². The highest BCUT2D eigenvalue weighted by Gasteiger charge is 2.18. The number of benzene rings is 1. The first-order valence-corrected chi connectivity index (χ1v) is 7.12. The minimum atomic E-state index is -0.271. The topological polar surface area (TPSA) is 52.3 Å². The maximum absolute atomic E-state index is 11.3. The first-order valence-electron chi connectivity index (χ1n) is 7.12. The molecule has 0 aromatic heterocycles. The monoisotopic (exact) mass is 261 g/mol. The van der Waals surface area contributed by atoms with E-state index in [1.54, 1.807) is 0 Å². The van der Waals surface area contributed by atoms with Gasteiger partial charge in [-0.2, -0.15) is 0 Å². The van der Waals surface area contributed by atoms with E-state index in [-0.39, 0.29) is 5.97 Å². The molecular formula is C16H23NO2. The lowest BCUT2D eigenvalue weighted by Gasteiger charge is -2.25. The van der Waals surface area contributed by atoms with Crippen LogP contribution in [-0.2, 0) is 11.2 Å². The van der Waals surface area contributed by atoms with Crippen LogP contribution in [0.3, 0.4) is 0 Å². The third-order valence-electron chi connectivity index (χ3n) is 4.11. The van der Waals surface area contributed by atoms with Crippen LogP contribution in [0.25, 0.3) is 0 Å². The van der Waals surface area contributed by atoms with Crippen LogP contribution in [0.15, 0.2) is 24.3 Å². The number of ether oxygens (including phenoxy) is 1. The second-order valence-corrected chi connectivity index (χ2v) is 5.51. The Morgan fingerprint density at radius 3 is 2.42 bits per heavy atom. The highest BCUT2D eigenvalue weighted by Crippen LogP contribution is 2.27. The molecule has 19 heavy (non-hydrogen) atoms. The van der Waals surface area contributed by atoms with Gasteiger partial charge in [0.15, 0.2) is 0 Å². The number of esters is 1. The summed E-state index contributed by atoms with van der Waals surface area (Å²) in [5, 5.41) is 0. The molecule has 1 saturated carbocycles. The molecule has 104 valence electrons. The zero-order chi connectivity index (χ0) is 13.7. The van der Waals surface area contributed by atoms with Crippen LogP contribution in [0.4, 0.5) is 0 Å². The number of hydrogen-bond donors (Lipinski definition) is 1. The minimum absolute atomic E-state index is 0.271. The molecule has 1 aliphatic rings. The smallest absolute Gasteiger partial charge is 0.337 e. The highest BCUT2D eigenvalue weighted by atomic mass is 16.5. The Hall–Kier alpha value is -1.35. The number of carbonyl (C=O) groups excluding carboxylic acids is 1.